The van der Waals surface area contributed by atoms with Gasteiger partial charge in [-0.2, -0.15) is 5.06 Å². The average Bonchev–Trinajstić information content (AvgIpc) is 2.11. The molecule has 0 aromatic rings. The molecule has 0 aromatic carbocycles. The van der Waals surface area contributed by atoms with E-state index in [4.69, 9.17) is 4.84 Å². The molecule has 0 N–H and O–H groups in total. The maximum absolute atomic E-state index is 5.30. The number of hydrogen-bond donors (Lipinski definition) is 0. The topological polar surface area (TPSA) is 12.5 Å². The van der Waals surface area contributed by atoms with Crippen LogP contribution in [-0.4, -0.2) is 25.3 Å². The van der Waals surface area contributed by atoms with Gasteiger partial charge in [0.2, 0.25) is 0 Å². The standard InChI is InChI=1S/C11H25NO.ClH/c1-4-6-7-8-9-10-11-12(3)13-5-2;/h4-11H2,1-3H3;1H. The number of rotatable bonds is 9. The maximum atomic E-state index is 5.30. The molecule has 0 rings (SSSR count). The predicted molar refractivity (Wildman–Crippen MR) is 64.9 cm³/mol. The SMILES string of the molecule is CCCCCCCCN(C)OCC.Cl. The molecule has 14 heavy (non-hydrogen) atoms. The van der Waals surface area contributed by atoms with E-state index < -0.39 is 0 Å². The van der Waals surface area contributed by atoms with Crippen molar-refractivity contribution in [3.05, 3.63) is 0 Å². The van der Waals surface area contributed by atoms with E-state index in [-0.39, 0.29) is 12.4 Å². The molecule has 0 spiro atoms. The number of nitrogens with zero attached hydrogens (tertiary/aromatic N) is 1. The summed E-state index contributed by atoms with van der Waals surface area (Å²) in [6.07, 6.45) is 8.11. The Bertz CT molecular complexity index is 101. The van der Waals surface area contributed by atoms with E-state index in [2.05, 4.69) is 6.92 Å². The van der Waals surface area contributed by atoms with Crippen molar-refractivity contribution in [1.29, 1.82) is 0 Å². The Labute approximate surface area is 95.4 Å². The van der Waals surface area contributed by atoms with Crippen LogP contribution in [0.15, 0.2) is 0 Å². The monoisotopic (exact) mass is 223 g/mol. The van der Waals surface area contributed by atoms with Crippen LogP contribution in [0.1, 0.15) is 52.4 Å². The van der Waals surface area contributed by atoms with Gasteiger partial charge in [0.25, 0.3) is 0 Å². The van der Waals surface area contributed by atoms with Crippen LogP contribution < -0.4 is 0 Å². The molecule has 3 heteroatoms. The van der Waals surface area contributed by atoms with Crippen LogP contribution in [0.4, 0.5) is 0 Å². The summed E-state index contributed by atoms with van der Waals surface area (Å²) in [7, 11) is 2.01. The Morgan fingerprint density at radius 2 is 1.50 bits per heavy atom. The molecule has 0 aliphatic heterocycles. The van der Waals surface area contributed by atoms with Gasteiger partial charge in [0.15, 0.2) is 0 Å². The second-order valence-corrected chi connectivity index (χ2v) is 3.54. The molecule has 0 saturated heterocycles. The van der Waals surface area contributed by atoms with Gasteiger partial charge in [-0.1, -0.05) is 39.0 Å². The van der Waals surface area contributed by atoms with Gasteiger partial charge in [-0.05, 0) is 13.3 Å². The third-order valence-corrected chi connectivity index (χ3v) is 2.18. The fourth-order valence-electron chi connectivity index (χ4n) is 1.40. The Hall–Kier alpha value is 0.210. The second kappa shape index (κ2) is 13.2. The lowest BCUT2D eigenvalue weighted by Gasteiger charge is -2.14. The molecule has 0 heterocycles. The zero-order valence-corrected chi connectivity index (χ0v) is 10.7. The molecule has 0 fully saturated rings. The van der Waals surface area contributed by atoms with Gasteiger partial charge in [-0.25, -0.2) is 0 Å². The minimum absolute atomic E-state index is 0. The zero-order valence-electron chi connectivity index (χ0n) is 9.92. The summed E-state index contributed by atoms with van der Waals surface area (Å²) < 4.78 is 0. The largest absolute Gasteiger partial charge is 0.300 e. The van der Waals surface area contributed by atoms with Crippen LogP contribution in [0.5, 0.6) is 0 Å². The van der Waals surface area contributed by atoms with Crippen molar-refractivity contribution in [2.75, 3.05) is 20.2 Å². The third kappa shape index (κ3) is 12.2. The minimum Gasteiger partial charge on any atom is -0.300 e. The summed E-state index contributed by atoms with van der Waals surface area (Å²) in [5.41, 5.74) is 0. The van der Waals surface area contributed by atoms with Gasteiger partial charge >= 0.3 is 0 Å². The van der Waals surface area contributed by atoms with E-state index >= 15 is 0 Å². The van der Waals surface area contributed by atoms with Gasteiger partial charge in [-0.3, -0.25) is 4.84 Å². The van der Waals surface area contributed by atoms with Crippen LogP contribution in [0.3, 0.4) is 0 Å². The minimum atomic E-state index is 0. The van der Waals surface area contributed by atoms with Crippen molar-refractivity contribution in [3.63, 3.8) is 0 Å². The summed E-state index contributed by atoms with van der Waals surface area (Å²) in [5.74, 6) is 0. The highest BCUT2D eigenvalue weighted by Crippen LogP contribution is 2.05. The Balaban J connectivity index is 0. The molecule has 0 aliphatic rings. The molecule has 0 radical (unpaired) electrons. The lowest BCUT2D eigenvalue weighted by atomic mass is 10.1. The quantitative estimate of drug-likeness (QED) is 0.437. The summed E-state index contributed by atoms with van der Waals surface area (Å²) in [4.78, 5) is 5.30. The lowest BCUT2D eigenvalue weighted by Crippen LogP contribution is -2.19. The highest BCUT2D eigenvalue weighted by atomic mass is 35.5. The average molecular weight is 224 g/mol. The second-order valence-electron chi connectivity index (χ2n) is 3.54. The molecular formula is C11H26ClNO. The number of halogens is 1. The molecule has 88 valence electrons. The normalized spacial score (nSPS) is 10.3. The fraction of sp³-hybridized carbons (Fsp3) is 1.00. The van der Waals surface area contributed by atoms with Gasteiger partial charge in [0.1, 0.15) is 0 Å². The van der Waals surface area contributed by atoms with Crippen LogP contribution in [-0.2, 0) is 4.84 Å². The molecular weight excluding hydrogens is 198 g/mol. The van der Waals surface area contributed by atoms with Crippen LogP contribution in [0.25, 0.3) is 0 Å². The molecule has 0 amide bonds. The maximum Gasteiger partial charge on any atom is 0.0656 e. The van der Waals surface area contributed by atoms with Crippen molar-refractivity contribution in [2.24, 2.45) is 0 Å². The summed E-state index contributed by atoms with van der Waals surface area (Å²) in [5, 5.41) is 1.94. The van der Waals surface area contributed by atoms with Gasteiger partial charge in [-0.15, -0.1) is 12.4 Å². The Morgan fingerprint density at radius 3 is 2.07 bits per heavy atom. The molecule has 0 saturated carbocycles. The Morgan fingerprint density at radius 1 is 0.929 bits per heavy atom. The van der Waals surface area contributed by atoms with Gasteiger partial charge in [0, 0.05) is 13.6 Å². The summed E-state index contributed by atoms with van der Waals surface area (Å²) in [6.45, 7) is 6.13. The Kier molecular flexibility index (Phi) is 15.7. The van der Waals surface area contributed by atoms with Crippen molar-refractivity contribution >= 4 is 12.4 Å². The van der Waals surface area contributed by atoms with Crippen molar-refractivity contribution < 1.29 is 4.84 Å². The smallest absolute Gasteiger partial charge is 0.0656 e. The van der Waals surface area contributed by atoms with Crippen LogP contribution in [0, 0.1) is 0 Å². The highest BCUT2D eigenvalue weighted by Gasteiger charge is 1.95. The molecule has 0 bridgehead atoms. The molecule has 0 unspecified atom stereocenters. The zero-order chi connectivity index (χ0) is 9.94. The third-order valence-electron chi connectivity index (χ3n) is 2.18. The van der Waals surface area contributed by atoms with Gasteiger partial charge < -0.3 is 0 Å². The van der Waals surface area contributed by atoms with Gasteiger partial charge in [0.05, 0.1) is 6.61 Å². The van der Waals surface area contributed by atoms with E-state index in [1.54, 1.807) is 0 Å². The summed E-state index contributed by atoms with van der Waals surface area (Å²) in [6, 6.07) is 0. The molecule has 0 aromatic heterocycles. The first-order valence-corrected chi connectivity index (χ1v) is 5.65. The first kappa shape index (κ1) is 16.6. The van der Waals surface area contributed by atoms with Crippen molar-refractivity contribution in [2.45, 2.75) is 52.4 Å². The number of unbranched alkanes of at least 4 members (excludes halogenated alkanes) is 5. The predicted octanol–water partition coefficient (Wildman–Crippen LogP) is 3.65. The fourth-order valence-corrected chi connectivity index (χ4v) is 1.40. The van der Waals surface area contributed by atoms with E-state index in [0.29, 0.717) is 0 Å². The van der Waals surface area contributed by atoms with E-state index in [1.807, 2.05) is 19.0 Å². The van der Waals surface area contributed by atoms with Crippen LogP contribution >= 0.6 is 12.4 Å². The van der Waals surface area contributed by atoms with E-state index in [1.165, 1.54) is 38.5 Å². The first-order valence-electron chi connectivity index (χ1n) is 5.65. The lowest BCUT2D eigenvalue weighted by molar-refractivity contribution is -0.135. The van der Waals surface area contributed by atoms with Crippen LogP contribution in [0.2, 0.25) is 0 Å². The first-order chi connectivity index (χ1) is 6.31. The number of hydroxylamine groups is 2. The van der Waals surface area contributed by atoms with Crippen molar-refractivity contribution in [1.82, 2.24) is 5.06 Å². The highest BCUT2D eigenvalue weighted by molar-refractivity contribution is 5.85. The number of hydrogen-bond acceptors (Lipinski definition) is 2. The van der Waals surface area contributed by atoms with E-state index in [0.717, 1.165) is 13.2 Å². The summed E-state index contributed by atoms with van der Waals surface area (Å²) >= 11 is 0. The molecule has 0 aliphatic carbocycles. The molecule has 2 nitrogen and oxygen atoms in total. The molecule has 0 atom stereocenters. The van der Waals surface area contributed by atoms with E-state index in [9.17, 15) is 0 Å². The van der Waals surface area contributed by atoms with Crippen molar-refractivity contribution in [3.8, 4) is 0 Å².